The van der Waals surface area contributed by atoms with Gasteiger partial charge in [0.1, 0.15) is 25.6 Å². The van der Waals surface area contributed by atoms with E-state index in [1.165, 1.54) is 33.4 Å². The summed E-state index contributed by atoms with van der Waals surface area (Å²) in [4.78, 5) is 0. The minimum atomic E-state index is 0.866. The molecule has 0 saturated carbocycles. The lowest BCUT2D eigenvalue weighted by atomic mass is 9.95. The molecule has 0 bridgehead atoms. The fourth-order valence-corrected chi connectivity index (χ4v) is 4.93. The van der Waals surface area contributed by atoms with E-state index in [-0.39, 0.29) is 0 Å². The Bertz CT molecular complexity index is 1690. The quantitative estimate of drug-likeness (QED) is 0.236. The van der Waals surface area contributed by atoms with Crippen LogP contribution in [0.3, 0.4) is 0 Å². The lowest BCUT2D eigenvalue weighted by Crippen LogP contribution is -2.09. The first-order valence-electron chi connectivity index (χ1n) is 12.6. The molecular formula is C35H28NO+. The van der Waals surface area contributed by atoms with Crippen LogP contribution in [0.1, 0.15) is 5.56 Å². The number of hydrogen-bond acceptors (Lipinski definition) is 1. The number of benzene rings is 3. The van der Waals surface area contributed by atoms with Crippen LogP contribution in [0.2, 0.25) is 0 Å². The third-order valence-corrected chi connectivity index (χ3v) is 6.82. The second kappa shape index (κ2) is 9.75. The zero-order valence-corrected chi connectivity index (χ0v) is 21.1. The third-order valence-electron chi connectivity index (χ3n) is 6.82. The van der Waals surface area contributed by atoms with Crippen molar-refractivity contribution in [3.8, 4) is 33.8 Å². The van der Waals surface area contributed by atoms with Crippen molar-refractivity contribution in [1.82, 2.24) is 0 Å². The molecule has 1 heterocycles. The maximum atomic E-state index is 6.66. The van der Waals surface area contributed by atoms with E-state index >= 15 is 0 Å². The first-order chi connectivity index (χ1) is 18.2. The molecule has 0 fully saturated rings. The number of rotatable bonds is 4. The van der Waals surface area contributed by atoms with Crippen LogP contribution in [-0.2, 0) is 0 Å². The molecule has 3 aromatic carbocycles. The standard InChI is InChI=1S/C35H28NO/c1-36(2)28-22-20-25(21-23-28)12-11-19-30-29-17-9-10-18-31(29)35-34(30)32(26-13-5-3-6-14-26)24-33(37-35)27-15-7-4-8-16-27/h3-24H,1-2H3/q+1. The summed E-state index contributed by atoms with van der Waals surface area (Å²) in [6.07, 6.45) is 15.1. The van der Waals surface area contributed by atoms with Crippen molar-refractivity contribution < 1.29 is 8.99 Å². The summed E-state index contributed by atoms with van der Waals surface area (Å²) in [5, 5.41) is 2.32. The second-order valence-electron chi connectivity index (χ2n) is 9.43. The molecule has 0 amide bonds. The Hall–Kier alpha value is -4.69. The third kappa shape index (κ3) is 4.39. The minimum Gasteiger partial charge on any atom is -0.455 e. The van der Waals surface area contributed by atoms with Gasteiger partial charge in [0, 0.05) is 28.7 Å². The molecule has 2 heteroatoms. The first kappa shape index (κ1) is 22.8. The Morgan fingerprint density at radius 3 is 1.97 bits per heavy atom. The van der Waals surface area contributed by atoms with Gasteiger partial charge in [0.15, 0.2) is 5.71 Å². The molecule has 0 aromatic heterocycles. The van der Waals surface area contributed by atoms with Crippen LogP contribution in [0.25, 0.3) is 50.6 Å². The van der Waals surface area contributed by atoms with Crippen LogP contribution in [0.5, 0.6) is 0 Å². The van der Waals surface area contributed by atoms with Gasteiger partial charge in [-0.15, -0.1) is 0 Å². The van der Waals surface area contributed by atoms with Gasteiger partial charge in [-0.05, 0) is 45.9 Å². The molecule has 37 heavy (non-hydrogen) atoms. The topological polar surface area (TPSA) is 16.1 Å². The number of hydrogen-bond donors (Lipinski definition) is 0. The van der Waals surface area contributed by atoms with E-state index in [1.54, 1.807) is 0 Å². The summed E-state index contributed by atoms with van der Waals surface area (Å²) in [5.74, 6) is 1.79. The Balaban J connectivity index is 1.55. The Morgan fingerprint density at radius 2 is 1.30 bits per heavy atom. The Kier molecular flexibility index (Phi) is 6.00. The fourth-order valence-electron chi connectivity index (χ4n) is 4.93. The molecule has 0 radical (unpaired) electrons. The SMILES string of the molecule is C[N+](C)=C1C=CC(=CC=Cc2c3c(-c4ccccc4)cc(-c4ccccc4)oc-3c3ccccc23)C=C1. The van der Waals surface area contributed by atoms with Crippen molar-refractivity contribution in [3.05, 3.63) is 139 Å². The molecule has 0 atom stereocenters. The molecule has 3 aromatic rings. The van der Waals surface area contributed by atoms with Crippen molar-refractivity contribution in [2.75, 3.05) is 14.1 Å². The average Bonchev–Trinajstić information content (AvgIpc) is 3.27. The lowest BCUT2D eigenvalue weighted by Gasteiger charge is -2.13. The summed E-state index contributed by atoms with van der Waals surface area (Å²) >= 11 is 0. The molecule has 2 aliphatic carbocycles. The van der Waals surface area contributed by atoms with Crippen LogP contribution < -0.4 is 0 Å². The maximum absolute atomic E-state index is 6.66. The molecule has 3 aliphatic rings. The van der Waals surface area contributed by atoms with Gasteiger partial charge in [-0.1, -0.05) is 103 Å². The van der Waals surface area contributed by atoms with Crippen LogP contribution in [0.4, 0.5) is 0 Å². The number of allylic oxidation sites excluding steroid dienone is 7. The maximum Gasteiger partial charge on any atom is 0.199 e. The van der Waals surface area contributed by atoms with E-state index in [0.29, 0.717) is 0 Å². The van der Waals surface area contributed by atoms with Crippen LogP contribution in [-0.4, -0.2) is 24.4 Å². The van der Waals surface area contributed by atoms with Crippen molar-refractivity contribution in [2.45, 2.75) is 0 Å². The van der Waals surface area contributed by atoms with Gasteiger partial charge in [0.2, 0.25) is 0 Å². The molecule has 0 saturated heterocycles. The zero-order chi connectivity index (χ0) is 25.2. The molecule has 0 spiro atoms. The predicted molar refractivity (Wildman–Crippen MR) is 156 cm³/mol. The minimum absolute atomic E-state index is 0.866. The van der Waals surface area contributed by atoms with Crippen LogP contribution in [0.15, 0.2) is 137 Å². The predicted octanol–water partition coefficient (Wildman–Crippen LogP) is 8.65. The molecular weight excluding hydrogens is 450 g/mol. The van der Waals surface area contributed by atoms with E-state index < -0.39 is 0 Å². The van der Waals surface area contributed by atoms with Crippen LogP contribution in [0, 0.1) is 0 Å². The second-order valence-corrected chi connectivity index (χ2v) is 9.43. The number of nitrogens with zero attached hydrogens (tertiary/aromatic N) is 1. The zero-order valence-electron chi connectivity index (χ0n) is 21.1. The van der Waals surface area contributed by atoms with Gasteiger partial charge in [0.25, 0.3) is 0 Å². The van der Waals surface area contributed by atoms with Gasteiger partial charge >= 0.3 is 0 Å². The smallest absolute Gasteiger partial charge is 0.199 e. The molecule has 0 unspecified atom stereocenters. The summed E-state index contributed by atoms with van der Waals surface area (Å²) < 4.78 is 8.77. The molecule has 0 N–H and O–H groups in total. The lowest BCUT2D eigenvalue weighted by molar-refractivity contribution is -0.462. The highest BCUT2D eigenvalue weighted by Crippen LogP contribution is 2.47. The van der Waals surface area contributed by atoms with Gasteiger partial charge in [-0.25, -0.2) is 4.58 Å². The summed E-state index contributed by atoms with van der Waals surface area (Å²) in [6.45, 7) is 0. The number of fused-ring (bicyclic) bond motifs is 3. The molecule has 1 aliphatic heterocycles. The summed E-state index contributed by atoms with van der Waals surface area (Å²) in [7, 11) is 4.12. The Labute approximate surface area is 217 Å². The first-order valence-corrected chi connectivity index (χ1v) is 12.6. The average molecular weight is 479 g/mol. The Morgan fingerprint density at radius 1 is 0.676 bits per heavy atom. The van der Waals surface area contributed by atoms with Crippen LogP contribution >= 0.6 is 0 Å². The normalized spacial score (nSPS) is 13.2. The van der Waals surface area contributed by atoms with Gasteiger partial charge in [0.05, 0.1) is 0 Å². The van der Waals surface area contributed by atoms with Gasteiger partial charge < -0.3 is 4.42 Å². The molecule has 178 valence electrons. The highest BCUT2D eigenvalue weighted by molar-refractivity contribution is 6.11. The molecule has 2 nitrogen and oxygen atoms in total. The fraction of sp³-hybridized carbons (Fsp3) is 0.0571. The van der Waals surface area contributed by atoms with E-state index in [4.69, 9.17) is 4.42 Å². The van der Waals surface area contributed by atoms with Gasteiger partial charge in [-0.2, -0.15) is 0 Å². The van der Waals surface area contributed by atoms with Gasteiger partial charge in [-0.3, -0.25) is 0 Å². The highest BCUT2D eigenvalue weighted by atomic mass is 16.3. The summed E-state index contributed by atoms with van der Waals surface area (Å²) in [5.41, 5.74) is 8.09. The van der Waals surface area contributed by atoms with E-state index in [9.17, 15) is 0 Å². The largest absolute Gasteiger partial charge is 0.455 e. The van der Waals surface area contributed by atoms with Crippen molar-refractivity contribution in [2.24, 2.45) is 0 Å². The molecule has 6 rings (SSSR count). The van der Waals surface area contributed by atoms with Crippen molar-refractivity contribution in [3.63, 3.8) is 0 Å². The van der Waals surface area contributed by atoms with Crippen molar-refractivity contribution in [1.29, 1.82) is 0 Å². The van der Waals surface area contributed by atoms with E-state index in [1.807, 2.05) is 6.07 Å². The van der Waals surface area contributed by atoms with Crippen molar-refractivity contribution >= 4 is 22.6 Å². The van der Waals surface area contributed by atoms with E-state index in [0.717, 1.165) is 28.0 Å². The monoisotopic (exact) mass is 478 g/mol. The highest BCUT2D eigenvalue weighted by Gasteiger charge is 2.24. The summed E-state index contributed by atoms with van der Waals surface area (Å²) in [6, 6.07) is 31.6. The van der Waals surface area contributed by atoms with E-state index in [2.05, 4.69) is 146 Å².